The van der Waals surface area contributed by atoms with Gasteiger partial charge in [0.05, 0.1) is 5.71 Å². The van der Waals surface area contributed by atoms with Crippen molar-refractivity contribution in [1.29, 1.82) is 0 Å². The maximum Gasteiger partial charge on any atom is 0.206 e. The molecule has 0 bridgehead atoms. The number of carbonyl (C=O) groups is 1. The van der Waals surface area contributed by atoms with Crippen LogP contribution in [-0.2, 0) is 9.63 Å². The highest BCUT2D eigenvalue weighted by Gasteiger charge is 1.93. The van der Waals surface area contributed by atoms with Crippen molar-refractivity contribution in [2.24, 2.45) is 5.16 Å². The highest BCUT2D eigenvalue weighted by molar-refractivity contribution is 7.85. The van der Waals surface area contributed by atoms with Crippen molar-refractivity contribution in [3.05, 3.63) is 23.6 Å². The molecule has 0 saturated heterocycles. The molecular formula is C10H18N2O2S. The number of rotatable bonds is 5. The summed E-state index contributed by atoms with van der Waals surface area (Å²) in [7, 11) is 1.56. The first-order chi connectivity index (χ1) is 7.13. The maximum atomic E-state index is 9.06. The van der Waals surface area contributed by atoms with Gasteiger partial charge in [-0.05, 0) is 19.9 Å². The Bertz CT molecular complexity index is 238. The van der Waals surface area contributed by atoms with Crippen LogP contribution in [0.4, 0.5) is 0 Å². The van der Waals surface area contributed by atoms with Crippen LogP contribution in [-0.4, -0.2) is 25.8 Å². The Morgan fingerprint density at radius 1 is 1.67 bits per heavy atom. The lowest BCUT2D eigenvalue weighted by atomic mass is 10.3. The fourth-order valence-electron chi connectivity index (χ4n) is 0.440. The Balaban J connectivity index is 0. The molecule has 4 nitrogen and oxygen atoms in total. The molecule has 0 aromatic rings. The summed E-state index contributed by atoms with van der Waals surface area (Å²) in [4.78, 5) is 14.7. The summed E-state index contributed by atoms with van der Waals surface area (Å²) >= 11 is 4.16. The average Bonchev–Trinajstić information content (AvgIpc) is 2.26. The standard InChI is InChI=1S/C8H13NOS.C2H5NO/c1-4-6-8(11)7(3)9-10-5-2;1-3-2-4/h4,6,11H,1,5H2,2-3H3;2H,1H3,(H,3,4)/b8-6-,9-7-;. The average molecular weight is 230 g/mol. The molecule has 0 unspecified atom stereocenters. The minimum absolute atomic E-state index is 0.576. The fraction of sp³-hybridized carbons (Fsp3) is 0.400. The van der Waals surface area contributed by atoms with E-state index in [1.807, 2.05) is 13.8 Å². The van der Waals surface area contributed by atoms with E-state index in [0.29, 0.717) is 13.0 Å². The Hall–Kier alpha value is -1.23. The van der Waals surface area contributed by atoms with Gasteiger partial charge in [0.1, 0.15) is 6.61 Å². The van der Waals surface area contributed by atoms with Gasteiger partial charge in [-0.1, -0.05) is 17.8 Å². The predicted molar refractivity (Wildman–Crippen MR) is 67.1 cm³/mol. The monoisotopic (exact) mass is 230 g/mol. The van der Waals surface area contributed by atoms with Crippen LogP contribution >= 0.6 is 12.6 Å². The summed E-state index contributed by atoms with van der Waals surface area (Å²) < 4.78 is 0. The summed E-state index contributed by atoms with van der Waals surface area (Å²) in [5.74, 6) is 0. The van der Waals surface area contributed by atoms with E-state index >= 15 is 0 Å². The van der Waals surface area contributed by atoms with Crippen LogP contribution < -0.4 is 5.32 Å². The van der Waals surface area contributed by atoms with Gasteiger partial charge in [-0.25, -0.2) is 0 Å². The number of nitrogens with one attached hydrogen (secondary N) is 1. The van der Waals surface area contributed by atoms with Crippen LogP contribution in [0.2, 0.25) is 0 Å². The molecule has 0 saturated carbocycles. The molecule has 0 fully saturated rings. The zero-order chi connectivity index (χ0) is 12.1. The number of thiol groups is 1. The molecule has 0 rings (SSSR count). The molecule has 0 atom stereocenters. The highest BCUT2D eigenvalue weighted by atomic mass is 32.1. The third-order valence-electron chi connectivity index (χ3n) is 1.09. The van der Waals surface area contributed by atoms with E-state index in [1.165, 1.54) is 0 Å². The van der Waals surface area contributed by atoms with E-state index in [0.717, 1.165) is 10.6 Å². The summed E-state index contributed by atoms with van der Waals surface area (Å²) in [5.41, 5.74) is 0.759. The molecule has 0 aromatic heterocycles. The number of hydrogen-bond donors (Lipinski definition) is 2. The number of carbonyl (C=O) groups excluding carboxylic acids is 1. The fourth-order valence-corrected chi connectivity index (χ4v) is 0.587. The Morgan fingerprint density at radius 3 is 2.53 bits per heavy atom. The van der Waals surface area contributed by atoms with Gasteiger partial charge in [0.2, 0.25) is 6.41 Å². The Labute approximate surface area is 96.5 Å². The summed E-state index contributed by atoms with van der Waals surface area (Å²) in [6.07, 6.45) is 4.05. The summed E-state index contributed by atoms with van der Waals surface area (Å²) in [6, 6.07) is 0. The molecule has 0 radical (unpaired) electrons. The van der Waals surface area contributed by atoms with Crippen molar-refractivity contribution < 1.29 is 9.63 Å². The highest BCUT2D eigenvalue weighted by Crippen LogP contribution is 2.03. The summed E-state index contributed by atoms with van der Waals surface area (Å²) in [6.45, 7) is 7.83. The number of amides is 1. The second-order valence-electron chi connectivity index (χ2n) is 2.29. The van der Waals surface area contributed by atoms with Crippen molar-refractivity contribution >= 4 is 24.8 Å². The second-order valence-corrected chi connectivity index (χ2v) is 2.77. The lowest BCUT2D eigenvalue weighted by Gasteiger charge is -1.97. The minimum atomic E-state index is 0.576. The Morgan fingerprint density at radius 2 is 2.20 bits per heavy atom. The number of oxime groups is 1. The van der Waals surface area contributed by atoms with Crippen molar-refractivity contribution in [3.63, 3.8) is 0 Å². The van der Waals surface area contributed by atoms with E-state index in [-0.39, 0.29) is 0 Å². The molecule has 15 heavy (non-hydrogen) atoms. The number of hydrogen-bond acceptors (Lipinski definition) is 4. The quantitative estimate of drug-likeness (QED) is 0.248. The van der Waals surface area contributed by atoms with Crippen molar-refractivity contribution in [3.8, 4) is 0 Å². The number of allylic oxidation sites excluding steroid dienone is 3. The first-order valence-corrected chi connectivity index (χ1v) is 4.88. The zero-order valence-corrected chi connectivity index (χ0v) is 10.3. The smallest absolute Gasteiger partial charge is 0.206 e. The van der Waals surface area contributed by atoms with Crippen molar-refractivity contribution in [2.45, 2.75) is 13.8 Å². The van der Waals surface area contributed by atoms with E-state index in [1.54, 1.807) is 19.2 Å². The van der Waals surface area contributed by atoms with Crippen LogP contribution in [0.1, 0.15) is 13.8 Å². The van der Waals surface area contributed by atoms with E-state index in [4.69, 9.17) is 9.63 Å². The Kier molecular flexibility index (Phi) is 13.8. The van der Waals surface area contributed by atoms with Crippen molar-refractivity contribution in [2.75, 3.05) is 13.7 Å². The largest absolute Gasteiger partial charge is 0.396 e. The van der Waals surface area contributed by atoms with Gasteiger partial charge in [-0.15, -0.1) is 12.6 Å². The van der Waals surface area contributed by atoms with Gasteiger partial charge < -0.3 is 10.2 Å². The third kappa shape index (κ3) is 12.8. The zero-order valence-electron chi connectivity index (χ0n) is 9.36. The lowest BCUT2D eigenvalue weighted by Crippen LogP contribution is -1.98. The first kappa shape index (κ1) is 16.2. The van der Waals surface area contributed by atoms with Crippen molar-refractivity contribution in [1.82, 2.24) is 5.32 Å². The molecule has 0 heterocycles. The molecule has 0 aliphatic carbocycles. The SMILES string of the molecule is C=C/C=C(S)/C(C)=N\OCC.CNC=O. The van der Waals surface area contributed by atoms with E-state index in [9.17, 15) is 0 Å². The van der Waals surface area contributed by atoms with E-state index < -0.39 is 0 Å². The van der Waals surface area contributed by atoms with Gasteiger partial charge in [0, 0.05) is 12.0 Å². The molecule has 1 N–H and O–H groups in total. The lowest BCUT2D eigenvalue weighted by molar-refractivity contribution is -0.109. The van der Waals surface area contributed by atoms with E-state index in [2.05, 4.69) is 29.7 Å². The molecule has 1 amide bonds. The van der Waals surface area contributed by atoms with Gasteiger partial charge in [0.15, 0.2) is 0 Å². The normalized spacial score (nSPS) is 10.9. The molecule has 5 heteroatoms. The molecule has 0 aliphatic rings. The molecule has 0 aromatic carbocycles. The molecule has 86 valence electrons. The van der Waals surface area contributed by atoms with Crippen LogP contribution in [0.15, 0.2) is 28.8 Å². The van der Waals surface area contributed by atoms with Gasteiger partial charge in [-0.2, -0.15) is 0 Å². The number of nitrogens with zero attached hydrogens (tertiary/aromatic N) is 1. The molecular weight excluding hydrogens is 212 g/mol. The molecule has 0 aliphatic heterocycles. The molecule has 0 spiro atoms. The van der Waals surface area contributed by atoms with Crippen LogP contribution in [0.25, 0.3) is 0 Å². The second kappa shape index (κ2) is 12.8. The van der Waals surface area contributed by atoms with Gasteiger partial charge >= 0.3 is 0 Å². The first-order valence-electron chi connectivity index (χ1n) is 4.43. The third-order valence-corrected chi connectivity index (χ3v) is 1.57. The van der Waals surface area contributed by atoms with Gasteiger partial charge in [0.25, 0.3) is 0 Å². The van der Waals surface area contributed by atoms with Crippen LogP contribution in [0.5, 0.6) is 0 Å². The predicted octanol–water partition coefficient (Wildman–Crippen LogP) is 1.76. The maximum absolute atomic E-state index is 9.06. The minimum Gasteiger partial charge on any atom is -0.396 e. The topological polar surface area (TPSA) is 50.7 Å². The van der Waals surface area contributed by atoms with Crippen LogP contribution in [0.3, 0.4) is 0 Å². The van der Waals surface area contributed by atoms with Crippen LogP contribution in [0, 0.1) is 0 Å². The van der Waals surface area contributed by atoms with Gasteiger partial charge in [-0.3, -0.25) is 4.79 Å². The summed E-state index contributed by atoms with van der Waals surface area (Å²) in [5, 5.41) is 6.04.